The summed E-state index contributed by atoms with van der Waals surface area (Å²) in [5.74, 6) is -0.263. The molecule has 2 aromatic heterocycles. The zero-order chi connectivity index (χ0) is 25.6. The fourth-order valence-electron chi connectivity index (χ4n) is 4.70. The maximum absolute atomic E-state index is 13.3. The number of amides is 1. The van der Waals surface area contributed by atoms with Gasteiger partial charge in [-0.3, -0.25) is 9.89 Å². The van der Waals surface area contributed by atoms with Crippen LogP contribution in [0.1, 0.15) is 35.3 Å². The van der Waals surface area contributed by atoms with Crippen LogP contribution in [0.25, 0.3) is 11.4 Å². The fraction of sp³-hybridized carbons (Fsp3) is 0.407. The molecule has 4 heterocycles. The van der Waals surface area contributed by atoms with Crippen molar-refractivity contribution >= 4 is 29.0 Å². The Hall–Kier alpha value is -3.92. The zero-order valence-corrected chi connectivity index (χ0v) is 21.4. The van der Waals surface area contributed by atoms with Crippen LogP contribution >= 0.6 is 0 Å². The minimum atomic E-state index is -0.263. The Kier molecular flexibility index (Phi) is 7.65. The number of methoxy groups -OCH3 is 1. The van der Waals surface area contributed by atoms with Gasteiger partial charge in [0.15, 0.2) is 0 Å². The Morgan fingerprint density at radius 1 is 1.11 bits per heavy atom. The molecule has 2 aliphatic rings. The number of rotatable bonds is 5. The molecule has 2 aliphatic heterocycles. The number of piperidine rings is 1. The van der Waals surface area contributed by atoms with Gasteiger partial charge < -0.3 is 24.6 Å². The summed E-state index contributed by atoms with van der Waals surface area (Å²) in [7, 11) is 1.65. The Morgan fingerprint density at radius 3 is 2.65 bits per heavy atom. The number of hydrogen-bond acceptors (Lipinski definition) is 7. The quantitative estimate of drug-likeness (QED) is 0.400. The van der Waals surface area contributed by atoms with Gasteiger partial charge in [-0.25, -0.2) is 4.98 Å². The molecule has 0 saturated carbocycles. The van der Waals surface area contributed by atoms with Crippen LogP contribution < -0.4 is 10.2 Å². The van der Waals surface area contributed by atoms with Gasteiger partial charge in [0.2, 0.25) is 0 Å². The van der Waals surface area contributed by atoms with Gasteiger partial charge in [0.25, 0.3) is 11.9 Å². The first-order valence-electron chi connectivity index (χ1n) is 12.8. The number of aromatic nitrogens is 3. The second kappa shape index (κ2) is 11.4. The number of morpholine rings is 1. The number of aromatic amines is 1. The molecule has 10 heteroatoms. The lowest BCUT2D eigenvalue weighted by Gasteiger charge is -2.31. The maximum atomic E-state index is 13.3. The van der Waals surface area contributed by atoms with E-state index >= 15 is 0 Å². The largest absolute Gasteiger partial charge is 0.468 e. The van der Waals surface area contributed by atoms with Crippen LogP contribution in [0.3, 0.4) is 0 Å². The van der Waals surface area contributed by atoms with Gasteiger partial charge >= 0.3 is 0 Å². The highest BCUT2D eigenvalue weighted by Crippen LogP contribution is 2.36. The number of hydrogen-bond donors (Lipinski definition) is 2. The van der Waals surface area contributed by atoms with E-state index in [1.165, 1.54) is 6.42 Å². The highest BCUT2D eigenvalue weighted by Gasteiger charge is 2.21. The molecule has 1 amide bonds. The SMILES string of the molecule is COC(=Nc1cc(N2CCCCC2)c(NC(=O)c2cccc(-c3ccn[nH]3)n2)cc1C)N1CCOCC1. The van der Waals surface area contributed by atoms with Crippen LogP contribution in [0, 0.1) is 6.92 Å². The van der Waals surface area contributed by atoms with E-state index in [1.807, 2.05) is 31.2 Å². The van der Waals surface area contributed by atoms with Crippen molar-refractivity contribution in [2.24, 2.45) is 4.99 Å². The van der Waals surface area contributed by atoms with Crippen molar-refractivity contribution in [1.29, 1.82) is 0 Å². The number of carbonyl (C=O) groups is 1. The molecule has 0 unspecified atom stereocenters. The molecule has 2 fully saturated rings. The summed E-state index contributed by atoms with van der Waals surface area (Å²) in [6.07, 6.45) is 5.11. The number of aliphatic imine (C=N–C) groups is 1. The lowest BCUT2D eigenvalue weighted by atomic mass is 10.1. The van der Waals surface area contributed by atoms with Gasteiger partial charge in [-0.1, -0.05) is 6.07 Å². The van der Waals surface area contributed by atoms with Gasteiger partial charge in [0, 0.05) is 32.4 Å². The van der Waals surface area contributed by atoms with Crippen LogP contribution in [0.15, 0.2) is 47.6 Å². The average Bonchev–Trinajstić information content (AvgIpc) is 3.49. The number of nitrogens with one attached hydrogen (secondary N) is 2. The lowest BCUT2D eigenvalue weighted by molar-refractivity contribution is 0.0580. The monoisotopic (exact) mass is 503 g/mol. The summed E-state index contributed by atoms with van der Waals surface area (Å²) in [5.41, 5.74) is 5.24. The number of nitrogens with zero attached hydrogens (tertiary/aromatic N) is 5. The molecular weight excluding hydrogens is 470 g/mol. The second-order valence-electron chi connectivity index (χ2n) is 9.23. The molecule has 5 rings (SSSR count). The molecule has 0 aliphatic carbocycles. The van der Waals surface area contributed by atoms with Crippen molar-refractivity contribution in [3.63, 3.8) is 0 Å². The summed E-state index contributed by atoms with van der Waals surface area (Å²) in [6, 6.07) is 11.8. The van der Waals surface area contributed by atoms with Crippen LogP contribution in [0.5, 0.6) is 0 Å². The van der Waals surface area contributed by atoms with Crippen LogP contribution in [0.4, 0.5) is 17.1 Å². The number of H-pyrrole nitrogens is 1. The molecule has 3 aromatic rings. The number of anilines is 2. The molecule has 1 aromatic carbocycles. The smallest absolute Gasteiger partial charge is 0.292 e. The number of ether oxygens (including phenoxy) is 2. The summed E-state index contributed by atoms with van der Waals surface area (Å²) in [6.45, 7) is 6.65. The van der Waals surface area contributed by atoms with E-state index in [4.69, 9.17) is 14.5 Å². The van der Waals surface area contributed by atoms with E-state index in [2.05, 4.69) is 36.4 Å². The topological polar surface area (TPSA) is 108 Å². The summed E-state index contributed by atoms with van der Waals surface area (Å²) >= 11 is 0. The number of amidine groups is 1. The molecule has 2 N–H and O–H groups in total. The molecule has 0 radical (unpaired) electrons. The minimum Gasteiger partial charge on any atom is -0.468 e. The average molecular weight is 504 g/mol. The minimum absolute atomic E-state index is 0.263. The Bertz CT molecular complexity index is 1250. The Labute approximate surface area is 216 Å². The Balaban J connectivity index is 1.46. The predicted octanol–water partition coefficient (Wildman–Crippen LogP) is 3.99. The van der Waals surface area contributed by atoms with E-state index < -0.39 is 0 Å². The van der Waals surface area contributed by atoms with E-state index in [9.17, 15) is 4.79 Å². The predicted molar refractivity (Wildman–Crippen MR) is 144 cm³/mol. The summed E-state index contributed by atoms with van der Waals surface area (Å²) in [5, 5.41) is 9.99. The third-order valence-electron chi connectivity index (χ3n) is 6.70. The summed E-state index contributed by atoms with van der Waals surface area (Å²) < 4.78 is 11.1. The highest BCUT2D eigenvalue weighted by atomic mass is 16.5. The van der Waals surface area contributed by atoms with Gasteiger partial charge in [-0.15, -0.1) is 0 Å². The number of pyridine rings is 1. The number of aryl methyl sites for hydroxylation is 1. The highest BCUT2D eigenvalue weighted by molar-refractivity contribution is 6.05. The molecular formula is C27H33N7O3. The Morgan fingerprint density at radius 2 is 1.92 bits per heavy atom. The fourth-order valence-corrected chi connectivity index (χ4v) is 4.70. The van der Waals surface area contributed by atoms with Crippen LogP contribution in [-0.4, -0.2) is 78.5 Å². The molecule has 194 valence electrons. The van der Waals surface area contributed by atoms with E-state index in [1.54, 1.807) is 19.4 Å². The first-order valence-corrected chi connectivity index (χ1v) is 12.8. The lowest BCUT2D eigenvalue weighted by Crippen LogP contribution is -2.41. The number of carbonyl (C=O) groups excluding carboxylic acids is 1. The summed E-state index contributed by atoms with van der Waals surface area (Å²) in [4.78, 5) is 27.2. The van der Waals surface area contributed by atoms with E-state index in [0.29, 0.717) is 30.6 Å². The van der Waals surface area contributed by atoms with Crippen molar-refractivity contribution < 1.29 is 14.3 Å². The number of benzene rings is 1. The second-order valence-corrected chi connectivity index (χ2v) is 9.23. The first-order chi connectivity index (χ1) is 18.1. The van der Waals surface area contributed by atoms with Crippen molar-refractivity contribution in [3.8, 4) is 11.4 Å². The molecule has 10 nitrogen and oxygen atoms in total. The van der Waals surface area contributed by atoms with Crippen molar-refractivity contribution in [2.75, 3.05) is 56.7 Å². The normalized spacial score (nSPS) is 16.5. The third kappa shape index (κ3) is 5.75. The zero-order valence-electron chi connectivity index (χ0n) is 21.4. The van der Waals surface area contributed by atoms with E-state index in [0.717, 1.165) is 67.3 Å². The first kappa shape index (κ1) is 24.8. The van der Waals surface area contributed by atoms with Gasteiger partial charge in [0.1, 0.15) is 5.69 Å². The van der Waals surface area contributed by atoms with Gasteiger partial charge in [0.05, 0.1) is 48.8 Å². The molecule has 37 heavy (non-hydrogen) atoms. The molecule has 0 atom stereocenters. The third-order valence-corrected chi connectivity index (χ3v) is 6.70. The van der Waals surface area contributed by atoms with E-state index in [-0.39, 0.29) is 5.91 Å². The molecule has 2 saturated heterocycles. The van der Waals surface area contributed by atoms with Gasteiger partial charge in [-0.05, 0) is 62.1 Å². The molecule has 0 bridgehead atoms. The standard InChI is InChI=1S/C27H33N7O3/c1-19-17-24(30-26(35)22-8-6-7-20(29-22)21-9-10-28-32-21)25(33-11-4-3-5-12-33)18-23(19)31-27(36-2)34-13-15-37-16-14-34/h6-10,17-18H,3-5,11-16H2,1-2H3,(H,28,32)(H,30,35). The van der Waals surface area contributed by atoms with Crippen molar-refractivity contribution in [2.45, 2.75) is 26.2 Å². The van der Waals surface area contributed by atoms with Crippen LogP contribution in [-0.2, 0) is 9.47 Å². The molecule has 0 spiro atoms. The van der Waals surface area contributed by atoms with Crippen molar-refractivity contribution in [3.05, 3.63) is 53.9 Å². The van der Waals surface area contributed by atoms with Gasteiger partial charge in [-0.2, -0.15) is 10.1 Å². The van der Waals surface area contributed by atoms with Crippen molar-refractivity contribution in [1.82, 2.24) is 20.1 Å². The maximum Gasteiger partial charge on any atom is 0.292 e. The van der Waals surface area contributed by atoms with Crippen LogP contribution in [0.2, 0.25) is 0 Å².